The first-order valence-electron chi connectivity index (χ1n) is 14.1. The van der Waals surface area contributed by atoms with Gasteiger partial charge in [-0.05, 0) is 32.2 Å². The van der Waals surface area contributed by atoms with Gasteiger partial charge in [0.2, 0.25) is 11.8 Å². The summed E-state index contributed by atoms with van der Waals surface area (Å²) in [5, 5.41) is 5.55. The van der Waals surface area contributed by atoms with Gasteiger partial charge in [-0.2, -0.15) is 0 Å². The van der Waals surface area contributed by atoms with Crippen molar-refractivity contribution < 1.29 is 47.5 Å². The maximum atomic E-state index is 12.0. The van der Waals surface area contributed by atoms with Gasteiger partial charge in [0.15, 0.2) is 0 Å². The van der Waals surface area contributed by atoms with Crippen LogP contribution in [-0.4, -0.2) is 90.3 Å². The van der Waals surface area contributed by atoms with E-state index in [0.29, 0.717) is 52.4 Å². The van der Waals surface area contributed by atoms with Gasteiger partial charge in [-0.3, -0.25) is 19.2 Å². The fourth-order valence-electron chi connectivity index (χ4n) is 4.41. The van der Waals surface area contributed by atoms with Crippen LogP contribution in [0.2, 0.25) is 0 Å². The van der Waals surface area contributed by atoms with E-state index < -0.39 is 0 Å². The molecule has 2 rings (SSSR count). The van der Waals surface area contributed by atoms with Crippen molar-refractivity contribution in [2.24, 2.45) is 52.3 Å². The Balaban J connectivity index is -0.000000556. The molecule has 2 aliphatic carbocycles. The zero-order chi connectivity index (χ0) is 30.8. The third-order valence-electron chi connectivity index (χ3n) is 6.41. The smallest absolute Gasteiger partial charge is 0.676 e. The Labute approximate surface area is 257 Å². The van der Waals surface area contributed by atoms with E-state index in [1.54, 1.807) is 0 Å². The van der Waals surface area contributed by atoms with Crippen molar-refractivity contribution in [1.82, 2.24) is 10.6 Å². The van der Waals surface area contributed by atoms with Crippen molar-refractivity contribution in [2.75, 3.05) is 66.6 Å². The number of esters is 2. The minimum absolute atomic E-state index is 0. The summed E-state index contributed by atoms with van der Waals surface area (Å²) >= 11 is 0. The maximum Gasteiger partial charge on any atom is 1.00 e. The summed E-state index contributed by atoms with van der Waals surface area (Å²) in [6.07, 6.45) is 6.97. The van der Waals surface area contributed by atoms with E-state index in [0.717, 1.165) is 51.4 Å². The van der Waals surface area contributed by atoms with Gasteiger partial charge in [-0.25, -0.2) is 0 Å². The second-order valence-corrected chi connectivity index (χ2v) is 9.32. The fraction of sp³-hybridized carbons (Fsp3) is 0.846. The molecule has 2 saturated carbocycles. The first kappa shape index (κ1) is 43.7. The predicted octanol–water partition coefficient (Wildman–Crippen LogP) is -4.01. The normalized spacial score (nSPS) is 20.9. The average Bonchev–Trinajstić information content (AvgIpc) is 3.02. The number of carbonyl (C=O) groups is 4. The molecule has 0 aromatic heterocycles. The number of ether oxygens (including phenoxy) is 2. The van der Waals surface area contributed by atoms with E-state index in [1.165, 1.54) is 14.2 Å². The number of carbonyl (C=O) groups excluding carboxylic acids is 4. The second-order valence-electron chi connectivity index (χ2n) is 9.32. The molecule has 2 aliphatic rings. The third-order valence-corrected chi connectivity index (χ3v) is 6.41. The van der Waals surface area contributed by atoms with Gasteiger partial charge in [0.05, 0.1) is 26.1 Å². The molecule has 13 N–H and O–H groups in total. The second kappa shape index (κ2) is 29.7. The monoisotopic (exact) mass is 582 g/mol. The molecular formula is C26H55LiN8O6. The number of hydrogen-bond donors (Lipinski definition) is 7. The quantitative estimate of drug-likeness (QED) is 0.0963. The minimum atomic E-state index is -0.304. The van der Waals surface area contributed by atoms with Crippen LogP contribution in [0, 0.1) is 23.7 Å². The van der Waals surface area contributed by atoms with Crippen LogP contribution < -0.4 is 58.2 Å². The van der Waals surface area contributed by atoms with E-state index in [4.69, 9.17) is 34.4 Å². The molecule has 0 saturated heterocycles. The van der Waals surface area contributed by atoms with Crippen molar-refractivity contribution >= 4 is 23.8 Å². The molecule has 2 amide bonds. The Morgan fingerprint density at radius 1 is 0.610 bits per heavy atom. The van der Waals surface area contributed by atoms with E-state index in [-0.39, 0.29) is 66.3 Å². The van der Waals surface area contributed by atoms with Gasteiger partial charge < -0.3 is 54.5 Å². The molecule has 0 aromatic carbocycles. The number of nitrogens with two attached hydrogens (primary N) is 5. The Hall–Kier alpha value is -1.76. The molecule has 41 heavy (non-hydrogen) atoms. The first-order chi connectivity index (χ1) is 19.2. The van der Waals surface area contributed by atoms with Crippen LogP contribution in [0.25, 0.3) is 5.73 Å². The van der Waals surface area contributed by atoms with Gasteiger partial charge >= 0.3 is 30.8 Å². The summed E-state index contributed by atoms with van der Waals surface area (Å²) in [7, 11) is 2.70. The molecule has 0 bridgehead atoms. The number of methoxy groups -OCH3 is 2. The van der Waals surface area contributed by atoms with Crippen LogP contribution in [0.5, 0.6) is 0 Å². The van der Waals surface area contributed by atoms with E-state index in [9.17, 15) is 19.2 Å². The maximum absolute atomic E-state index is 12.0. The van der Waals surface area contributed by atoms with Crippen molar-refractivity contribution in [1.29, 1.82) is 0 Å². The summed E-state index contributed by atoms with van der Waals surface area (Å²) in [6, 6.07) is 0. The largest absolute Gasteiger partial charge is 1.00 e. The molecule has 0 radical (unpaired) electrons. The van der Waals surface area contributed by atoms with Crippen molar-refractivity contribution in [3.8, 4) is 0 Å². The van der Waals surface area contributed by atoms with Crippen LogP contribution in [0.3, 0.4) is 0 Å². The van der Waals surface area contributed by atoms with E-state index in [2.05, 4.69) is 20.1 Å². The Bertz CT molecular complexity index is 632. The molecule has 0 aliphatic heterocycles. The molecule has 236 valence electrons. The molecule has 2 fully saturated rings. The van der Waals surface area contributed by atoms with Crippen LogP contribution in [0.15, 0.2) is 0 Å². The zero-order valence-electron chi connectivity index (χ0n) is 25.5. The SMILES string of the molecule is COC(=O)C1CCCCC1C(=O)OC.NCCN.NCCNC(=O)C1CCCCC1C(=O)NCCN.[Li+].[NH-]CCN. The van der Waals surface area contributed by atoms with Crippen LogP contribution in [-0.2, 0) is 28.7 Å². The third kappa shape index (κ3) is 19.9. The zero-order valence-corrected chi connectivity index (χ0v) is 25.5. The number of nitrogens with one attached hydrogen (secondary N) is 3. The van der Waals surface area contributed by atoms with Crippen molar-refractivity contribution in [2.45, 2.75) is 51.4 Å². The standard InChI is InChI=1S/C12H24N4O2.C10H16O4.C2H8N2.C2H7N2.Li/c13-5-7-15-11(17)9-3-1-2-4-10(9)12(18)16-8-6-14;1-13-9(11)7-5-3-4-6-8(7)10(12)14-2;2*3-1-2-4;/h9-10H,1-8,13-14H2,(H,15,17)(H,16,18);7-8H,3-6H2,1-2H3;1-4H2;3H,1-2,4H2;/q;;;-1;+1. The predicted molar refractivity (Wildman–Crippen MR) is 155 cm³/mol. The number of amides is 2. The molecular weight excluding hydrogens is 527 g/mol. The molecule has 15 heteroatoms. The fourth-order valence-corrected chi connectivity index (χ4v) is 4.41. The van der Waals surface area contributed by atoms with Crippen LogP contribution in [0.4, 0.5) is 0 Å². The van der Waals surface area contributed by atoms with Crippen molar-refractivity contribution in [3.05, 3.63) is 5.73 Å². The Kier molecular flexibility index (Phi) is 31.7. The van der Waals surface area contributed by atoms with Gasteiger partial charge in [0.1, 0.15) is 0 Å². The first-order valence-corrected chi connectivity index (χ1v) is 14.1. The summed E-state index contributed by atoms with van der Waals surface area (Å²) in [5.41, 5.74) is 31.7. The molecule has 0 heterocycles. The van der Waals surface area contributed by atoms with Gasteiger partial charge in [0, 0.05) is 51.1 Å². The summed E-state index contributed by atoms with van der Waals surface area (Å²) in [5.74, 6) is -1.73. The Morgan fingerprint density at radius 2 is 0.902 bits per heavy atom. The number of rotatable bonds is 10. The van der Waals surface area contributed by atoms with Crippen molar-refractivity contribution in [3.63, 3.8) is 0 Å². The number of hydrogen-bond acceptors (Lipinski definition) is 11. The van der Waals surface area contributed by atoms with Crippen LogP contribution >= 0.6 is 0 Å². The topological polar surface area (TPSA) is 265 Å². The summed E-state index contributed by atoms with van der Waals surface area (Å²) in [4.78, 5) is 46.7. The Morgan fingerprint density at radius 3 is 1.12 bits per heavy atom. The molecule has 14 nitrogen and oxygen atoms in total. The molecule has 0 aromatic rings. The van der Waals surface area contributed by atoms with E-state index in [1.807, 2.05) is 0 Å². The average molecular weight is 583 g/mol. The molecule has 4 unspecified atom stereocenters. The van der Waals surface area contributed by atoms with Gasteiger partial charge in [-0.15, -0.1) is 6.54 Å². The summed E-state index contributed by atoms with van der Waals surface area (Å²) in [6.45, 7) is 3.80. The molecule has 0 spiro atoms. The molecule has 4 atom stereocenters. The minimum Gasteiger partial charge on any atom is -0.676 e. The van der Waals surface area contributed by atoms with Gasteiger partial charge in [-0.1, -0.05) is 25.7 Å². The van der Waals surface area contributed by atoms with E-state index >= 15 is 0 Å². The summed E-state index contributed by atoms with van der Waals surface area (Å²) < 4.78 is 9.34. The van der Waals surface area contributed by atoms with Gasteiger partial charge in [0.25, 0.3) is 0 Å². The van der Waals surface area contributed by atoms with Crippen LogP contribution in [0.1, 0.15) is 51.4 Å².